The number of hydrogen-bond donors (Lipinski definition) is 1. The maximum Gasteiger partial charge on any atom is 0.130 e. The minimum Gasteiger partial charge on any atom is -0.392 e. The zero-order chi connectivity index (χ0) is 10.4. The topological polar surface area (TPSA) is 38.1 Å². The summed E-state index contributed by atoms with van der Waals surface area (Å²) in [6.07, 6.45) is 4.47. The Morgan fingerprint density at radius 1 is 1.53 bits per heavy atom. The molecule has 4 heteroatoms. The van der Waals surface area contributed by atoms with Gasteiger partial charge in [-0.2, -0.15) is 0 Å². The van der Waals surface area contributed by atoms with Gasteiger partial charge in [-0.3, -0.25) is 0 Å². The molecule has 1 fully saturated rings. The zero-order valence-corrected chi connectivity index (χ0v) is 8.91. The molecule has 0 aliphatic heterocycles. The number of aliphatic hydroxyl groups excluding tert-OH is 1. The monoisotopic (exact) mass is 222 g/mol. The van der Waals surface area contributed by atoms with Crippen molar-refractivity contribution in [1.29, 1.82) is 0 Å². The van der Waals surface area contributed by atoms with Crippen molar-refractivity contribution in [1.82, 2.24) is 9.55 Å². The van der Waals surface area contributed by atoms with E-state index in [-0.39, 0.29) is 6.61 Å². The van der Waals surface area contributed by atoms with Crippen LogP contribution < -0.4 is 0 Å². The van der Waals surface area contributed by atoms with Crippen molar-refractivity contribution in [2.75, 3.05) is 0 Å². The smallest absolute Gasteiger partial charge is 0.130 e. The number of fused-ring (bicyclic) bond motifs is 1. The van der Waals surface area contributed by atoms with Gasteiger partial charge in [-0.15, -0.1) is 0 Å². The van der Waals surface area contributed by atoms with Gasteiger partial charge in [0, 0.05) is 17.8 Å². The number of aliphatic hydroxyl groups is 1. The van der Waals surface area contributed by atoms with Crippen molar-refractivity contribution in [3.05, 3.63) is 29.0 Å². The molecule has 0 bridgehead atoms. The molecular weight excluding hydrogens is 212 g/mol. The quantitative estimate of drug-likeness (QED) is 0.793. The van der Waals surface area contributed by atoms with Crippen molar-refractivity contribution in [2.24, 2.45) is 0 Å². The van der Waals surface area contributed by atoms with Gasteiger partial charge in [0.25, 0.3) is 0 Å². The third-order valence-electron chi connectivity index (χ3n) is 2.83. The van der Waals surface area contributed by atoms with E-state index in [9.17, 15) is 5.11 Å². The molecule has 1 N–H and O–H groups in total. The van der Waals surface area contributed by atoms with Crippen LogP contribution in [0.25, 0.3) is 11.0 Å². The lowest BCUT2D eigenvalue weighted by molar-refractivity contribution is 0.283. The molecule has 3 nitrogen and oxygen atoms in total. The highest BCUT2D eigenvalue weighted by atomic mass is 35.5. The van der Waals surface area contributed by atoms with Crippen LogP contribution in [-0.4, -0.2) is 14.7 Å². The van der Waals surface area contributed by atoms with E-state index in [1.807, 2.05) is 12.3 Å². The number of halogens is 1. The molecule has 1 saturated carbocycles. The maximum absolute atomic E-state index is 9.31. The fraction of sp³-hybridized carbons (Fsp3) is 0.364. The average molecular weight is 223 g/mol. The number of nitrogens with zero attached hydrogens (tertiary/aromatic N) is 2. The van der Waals surface area contributed by atoms with Crippen LogP contribution in [0.2, 0.25) is 5.15 Å². The number of rotatable bonds is 2. The van der Waals surface area contributed by atoms with E-state index < -0.39 is 0 Å². The van der Waals surface area contributed by atoms with Crippen LogP contribution in [0.5, 0.6) is 0 Å². The fourth-order valence-corrected chi connectivity index (χ4v) is 2.22. The third-order valence-corrected chi connectivity index (χ3v) is 3.02. The van der Waals surface area contributed by atoms with Crippen LogP contribution >= 0.6 is 11.6 Å². The minimum absolute atomic E-state index is 0.00940. The first kappa shape index (κ1) is 9.19. The Kier molecular flexibility index (Phi) is 1.97. The second kappa shape index (κ2) is 3.22. The molecule has 1 aliphatic rings. The average Bonchev–Trinajstić information content (AvgIpc) is 2.98. The van der Waals surface area contributed by atoms with Crippen LogP contribution in [0.15, 0.2) is 18.3 Å². The molecular formula is C11H11ClN2O. The molecule has 0 unspecified atom stereocenters. The summed E-state index contributed by atoms with van der Waals surface area (Å²) < 4.78 is 2.20. The van der Waals surface area contributed by atoms with Gasteiger partial charge < -0.3 is 9.67 Å². The minimum atomic E-state index is 0.00940. The first-order valence-electron chi connectivity index (χ1n) is 5.06. The summed E-state index contributed by atoms with van der Waals surface area (Å²) in [5.74, 6) is 0. The van der Waals surface area contributed by atoms with E-state index in [2.05, 4.69) is 9.55 Å². The van der Waals surface area contributed by atoms with Crippen LogP contribution in [0.4, 0.5) is 0 Å². The van der Waals surface area contributed by atoms with E-state index in [0.717, 1.165) is 16.6 Å². The van der Waals surface area contributed by atoms with Crippen molar-refractivity contribution < 1.29 is 5.11 Å². The number of hydrogen-bond acceptors (Lipinski definition) is 2. The molecule has 0 aromatic carbocycles. The normalized spacial score (nSPS) is 16.1. The summed E-state index contributed by atoms with van der Waals surface area (Å²) in [5, 5.41) is 9.75. The molecule has 0 amide bonds. The van der Waals surface area contributed by atoms with Gasteiger partial charge in [-0.05, 0) is 25.0 Å². The van der Waals surface area contributed by atoms with Gasteiger partial charge in [0.1, 0.15) is 5.15 Å². The van der Waals surface area contributed by atoms with Crippen LogP contribution in [0.1, 0.15) is 24.4 Å². The molecule has 2 heterocycles. The number of pyridine rings is 1. The largest absolute Gasteiger partial charge is 0.392 e. The summed E-state index contributed by atoms with van der Waals surface area (Å²) in [5.41, 5.74) is 2.77. The molecule has 3 rings (SSSR count). The van der Waals surface area contributed by atoms with Crippen molar-refractivity contribution in [3.63, 3.8) is 0 Å². The van der Waals surface area contributed by atoms with Gasteiger partial charge >= 0.3 is 0 Å². The summed E-state index contributed by atoms with van der Waals surface area (Å²) in [7, 11) is 0. The Hall–Kier alpha value is -1.06. The van der Waals surface area contributed by atoms with Crippen LogP contribution in [0, 0.1) is 0 Å². The second-order valence-corrected chi connectivity index (χ2v) is 4.34. The Labute approximate surface area is 92.3 Å². The van der Waals surface area contributed by atoms with Crippen molar-refractivity contribution in [2.45, 2.75) is 25.5 Å². The highest BCUT2D eigenvalue weighted by molar-refractivity contribution is 6.29. The lowest BCUT2D eigenvalue weighted by Crippen LogP contribution is -1.96. The van der Waals surface area contributed by atoms with E-state index in [1.54, 1.807) is 6.07 Å². The van der Waals surface area contributed by atoms with Crippen LogP contribution in [-0.2, 0) is 6.61 Å². The van der Waals surface area contributed by atoms with Gasteiger partial charge in [0.05, 0.1) is 17.6 Å². The lowest BCUT2D eigenvalue weighted by Gasteiger charge is -2.06. The highest BCUT2D eigenvalue weighted by Gasteiger charge is 2.25. The molecule has 0 atom stereocenters. The predicted molar refractivity (Wildman–Crippen MR) is 58.9 cm³/mol. The first-order valence-corrected chi connectivity index (χ1v) is 5.44. The number of aromatic nitrogens is 2. The lowest BCUT2D eigenvalue weighted by atomic mass is 10.2. The molecule has 2 aromatic rings. The highest BCUT2D eigenvalue weighted by Crippen LogP contribution is 2.38. The van der Waals surface area contributed by atoms with E-state index in [1.165, 1.54) is 12.8 Å². The van der Waals surface area contributed by atoms with Gasteiger partial charge in [-0.1, -0.05) is 11.6 Å². The molecule has 0 saturated heterocycles. The fourth-order valence-electron chi connectivity index (χ4n) is 1.99. The van der Waals surface area contributed by atoms with Crippen LogP contribution in [0.3, 0.4) is 0 Å². The SMILES string of the molecule is OCc1cc(Cl)nc2ccn(C3CC3)c12. The van der Waals surface area contributed by atoms with Gasteiger partial charge in [0.15, 0.2) is 0 Å². The summed E-state index contributed by atoms with van der Waals surface area (Å²) in [4.78, 5) is 4.25. The van der Waals surface area contributed by atoms with Crippen molar-refractivity contribution in [3.8, 4) is 0 Å². The molecule has 1 aliphatic carbocycles. The van der Waals surface area contributed by atoms with Crippen molar-refractivity contribution >= 4 is 22.6 Å². The zero-order valence-electron chi connectivity index (χ0n) is 8.15. The van der Waals surface area contributed by atoms with E-state index >= 15 is 0 Å². The van der Waals surface area contributed by atoms with E-state index in [4.69, 9.17) is 11.6 Å². The maximum atomic E-state index is 9.31. The Bertz CT molecular complexity index is 517. The second-order valence-electron chi connectivity index (χ2n) is 3.95. The molecule has 0 spiro atoms. The van der Waals surface area contributed by atoms with Gasteiger partial charge in [0.2, 0.25) is 0 Å². The Balaban J connectivity index is 2.30. The summed E-state index contributed by atoms with van der Waals surface area (Å²) in [6.45, 7) is 0.00940. The molecule has 15 heavy (non-hydrogen) atoms. The first-order chi connectivity index (χ1) is 7.29. The molecule has 78 valence electrons. The Morgan fingerprint density at radius 2 is 2.33 bits per heavy atom. The van der Waals surface area contributed by atoms with Gasteiger partial charge in [-0.25, -0.2) is 4.98 Å². The standard InChI is InChI=1S/C11H11ClN2O/c12-10-5-7(6-15)11-9(13-10)3-4-14(11)8-1-2-8/h3-5,8,15H,1-2,6H2. The third kappa shape index (κ3) is 1.43. The summed E-state index contributed by atoms with van der Waals surface area (Å²) >= 11 is 5.88. The molecule has 2 aromatic heterocycles. The molecule has 0 radical (unpaired) electrons. The van der Waals surface area contributed by atoms with E-state index in [0.29, 0.717) is 11.2 Å². The predicted octanol–water partition coefficient (Wildman–Crippen LogP) is 2.52. The summed E-state index contributed by atoms with van der Waals surface area (Å²) in [6, 6.07) is 4.29. The Morgan fingerprint density at radius 3 is 3.00 bits per heavy atom.